The second-order valence-electron chi connectivity index (χ2n) is 8.63. The van der Waals surface area contributed by atoms with E-state index < -0.39 is 36.0 Å². The molecule has 12 heteroatoms. The lowest BCUT2D eigenvalue weighted by Crippen LogP contribution is -2.53. The number of carbonyl (C=O) groups excluding carboxylic acids is 4. The lowest BCUT2D eigenvalue weighted by Gasteiger charge is -2.26. The average Bonchev–Trinajstić information content (AvgIpc) is 3.04. The Morgan fingerprint density at radius 3 is 2.47 bits per heavy atom. The van der Waals surface area contributed by atoms with Crippen molar-refractivity contribution in [3.05, 3.63) is 65.7 Å². The zero-order valence-corrected chi connectivity index (χ0v) is 22.7. The highest BCUT2D eigenvalue weighted by atomic mass is 32.2. The maximum Gasteiger partial charge on any atom is 0.267 e. The molecular formula is C26H32N6O4S2. The number of primary amides is 1. The van der Waals surface area contributed by atoms with E-state index in [0.717, 1.165) is 5.56 Å². The molecule has 202 valence electrons. The van der Waals surface area contributed by atoms with Gasteiger partial charge in [0.05, 0.1) is 24.0 Å². The summed E-state index contributed by atoms with van der Waals surface area (Å²) in [6.45, 7) is -0.586. The molecule has 3 rings (SSSR count). The van der Waals surface area contributed by atoms with E-state index in [1.807, 2.05) is 48.7 Å². The molecule has 3 amide bonds. The number of fused-ring (bicyclic) bond motifs is 1. The van der Waals surface area contributed by atoms with Crippen LogP contribution in [-0.2, 0) is 19.2 Å². The number of nitrogens with one attached hydrogen (secondary N) is 2. The minimum Gasteiger partial charge on any atom is -0.368 e. The maximum atomic E-state index is 13.8. The number of nitrogens with two attached hydrogens (primary N) is 2. The molecule has 0 aromatic heterocycles. The molecule has 1 heterocycles. The molecule has 6 N–H and O–H groups in total. The van der Waals surface area contributed by atoms with Gasteiger partial charge in [0.15, 0.2) is 11.9 Å². The predicted octanol–water partition coefficient (Wildman–Crippen LogP) is 0.336. The van der Waals surface area contributed by atoms with Gasteiger partial charge in [-0.25, -0.2) is 0 Å². The van der Waals surface area contributed by atoms with Crippen molar-refractivity contribution in [3.63, 3.8) is 0 Å². The first kappa shape index (κ1) is 29.4. The van der Waals surface area contributed by atoms with Gasteiger partial charge >= 0.3 is 0 Å². The Morgan fingerprint density at radius 2 is 1.82 bits per heavy atom. The Hall–Kier alpha value is -3.19. The number of benzene rings is 2. The molecule has 1 aliphatic heterocycles. The fourth-order valence-electron chi connectivity index (χ4n) is 3.89. The van der Waals surface area contributed by atoms with Crippen LogP contribution in [0.15, 0.2) is 59.6 Å². The summed E-state index contributed by atoms with van der Waals surface area (Å²) in [4.78, 5) is 57.1. The van der Waals surface area contributed by atoms with Crippen molar-refractivity contribution in [2.75, 3.05) is 35.8 Å². The van der Waals surface area contributed by atoms with Crippen molar-refractivity contribution < 1.29 is 19.2 Å². The van der Waals surface area contributed by atoms with E-state index in [1.165, 1.54) is 16.7 Å². The van der Waals surface area contributed by atoms with Crippen molar-refractivity contribution in [2.24, 2.45) is 16.5 Å². The highest BCUT2D eigenvalue weighted by Gasteiger charge is 2.34. The number of thiol groups is 1. The van der Waals surface area contributed by atoms with Crippen LogP contribution in [0.4, 0.5) is 5.69 Å². The topological polar surface area (TPSA) is 160 Å². The van der Waals surface area contributed by atoms with Gasteiger partial charge in [-0.1, -0.05) is 48.5 Å². The molecule has 2 aromatic carbocycles. The SMILES string of the molecule is CSCC[C@H](NC(=O)CN1C(=O)C(NCC(=O)C(N)CS)N=C(c2ccccc2)c2ccccc21)C(N)=O. The van der Waals surface area contributed by atoms with Gasteiger partial charge in [0.25, 0.3) is 5.91 Å². The number of para-hydroxylation sites is 1. The summed E-state index contributed by atoms with van der Waals surface area (Å²) in [5, 5.41) is 5.54. The zero-order chi connectivity index (χ0) is 27.7. The number of ketones is 1. The number of hydrogen-bond acceptors (Lipinski definition) is 9. The van der Waals surface area contributed by atoms with Crippen LogP contribution in [0.5, 0.6) is 0 Å². The lowest BCUT2D eigenvalue weighted by atomic mass is 10.0. The number of benzodiazepines with no additional fused rings is 1. The number of thioether (sulfide) groups is 1. The molecule has 2 aromatic rings. The number of hydrogen-bond donors (Lipinski definition) is 5. The van der Waals surface area contributed by atoms with Crippen LogP contribution in [0.1, 0.15) is 17.5 Å². The van der Waals surface area contributed by atoms with Crippen molar-refractivity contribution in [3.8, 4) is 0 Å². The summed E-state index contributed by atoms with van der Waals surface area (Å²) in [6.07, 6.45) is 1.08. The van der Waals surface area contributed by atoms with Crippen molar-refractivity contribution in [1.29, 1.82) is 0 Å². The minimum absolute atomic E-state index is 0.160. The van der Waals surface area contributed by atoms with E-state index in [-0.39, 0.29) is 24.6 Å². The average molecular weight is 557 g/mol. The molecule has 0 spiro atoms. The normalized spacial score (nSPS) is 16.6. The lowest BCUT2D eigenvalue weighted by molar-refractivity contribution is -0.128. The van der Waals surface area contributed by atoms with Crippen molar-refractivity contribution in [2.45, 2.75) is 24.7 Å². The first-order valence-corrected chi connectivity index (χ1v) is 14.0. The molecule has 3 atom stereocenters. The number of aliphatic imine (C=N–C) groups is 1. The van der Waals surface area contributed by atoms with Crippen LogP contribution in [0.3, 0.4) is 0 Å². The zero-order valence-electron chi connectivity index (χ0n) is 21.0. The van der Waals surface area contributed by atoms with Gasteiger partial charge in [-0.05, 0) is 24.5 Å². The van der Waals surface area contributed by atoms with Gasteiger partial charge in [0.2, 0.25) is 11.8 Å². The van der Waals surface area contributed by atoms with Gasteiger partial charge < -0.3 is 16.8 Å². The Bertz CT molecular complexity index is 1190. The fourth-order valence-corrected chi connectivity index (χ4v) is 4.56. The number of amides is 3. The van der Waals surface area contributed by atoms with Crippen LogP contribution in [-0.4, -0.2) is 78.3 Å². The van der Waals surface area contributed by atoms with E-state index in [1.54, 1.807) is 12.1 Å². The van der Waals surface area contributed by atoms with E-state index >= 15 is 0 Å². The summed E-state index contributed by atoms with van der Waals surface area (Å²) in [6, 6.07) is 14.8. The maximum absolute atomic E-state index is 13.8. The molecule has 38 heavy (non-hydrogen) atoms. The minimum atomic E-state index is -1.18. The Kier molecular flexibility index (Phi) is 10.9. The molecule has 0 fully saturated rings. The van der Waals surface area contributed by atoms with Crippen LogP contribution in [0.2, 0.25) is 0 Å². The smallest absolute Gasteiger partial charge is 0.267 e. The number of anilines is 1. The number of carbonyl (C=O) groups is 4. The molecule has 0 saturated heterocycles. The van der Waals surface area contributed by atoms with Gasteiger partial charge in [0, 0.05) is 16.9 Å². The summed E-state index contributed by atoms with van der Waals surface area (Å²) in [5.41, 5.74) is 13.7. The third kappa shape index (κ3) is 7.44. The predicted molar refractivity (Wildman–Crippen MR) is 154 cm³/mol. The second-order valence-corrected chi connectivity index (χ2v) is 9.98. The number of rotatable bonds is 13. The highest BCUT2D eigenvalue weighted by Crippen LogP contribution is 2.28. The molecule has 10 nitrogen and oxygen atoms in total. The van der Waals surface area contributed by atoms with Crippen LogP contribution in [0.25, 0.3) is 0 Å². The van der Waals surface area contributed by atoms with E-state index in [2.05, 4.69) is 23.3 Å². The van der Waals surface area contributed by atoms with Crippen LogP contribution >= 0.6 is 24.4 Å². The molecule has 0 radical (unpaired) electrons. The van der Waals surface area contributed by atoms with Gasteiger partial charge in [0.1, 0.15) is 12.6 Å². The molecule has 0 saturated carbocycles. The first-order valence-electron chi connectivity index (χ1n) is 12.0. The summed E-state index contributed by atoms with van der Waals surface area (Å²) < 4.78 is 0. The summed E-state index contributed by atoms with van der Waals surface area (Å²) >= 11 is 5.59. The fraction of sp³-hybridized carbons (Fsp3) is 0.346. The van der Waals surface area contributed by atoms with Gasteiger partial charge in [-0.3, -0.25) is 34.4 Å². The van der Waals surface area contributed by atoms with Crippen molar-refractivity contribution >= 4 is 59.3 Å². The summed E-state index contributed by atoms with van der Waals surface area (Å²) in [5.74, 6) is -1.27. The first-order chi connectivity index (χ1) is 18.3. The molecule has 2 unspecified atom stereocenters. The molecule has 1 aliphatic rings. The van der Waals surface area contributed by atoms with Gasteiger partial charge in [-0.15, -0.1) is 0 Å². The Labute approximate surface area is 231 Å². The standard InChI is InChI=1S/C26H32N6O4S2/c1-38-12-11-19(24(28)35)30-22(34)14-32-20-10-6-5-9-17(20)23(16-7-3-2-4-8-16)31-25(26(32)36)29-13-21(33)18(27)15-37/h2-10,18-19,25,29,37H,11-15,27H2,1H3,(H2,28,35)(H,30,34)/t18?,19-,25?/m0/s1. The molecule has 0 aliphatic carbocycles. The van der Waals surface area contributed by atoms with Crippen LogP contribution in [0, 0.1) is 0 Å². The second kappa shape index (κ2) is 14.1. The third-order valence-corrected chi connectivity index (χ3v) is 6.96. The van der Waals surface area contributed by atoms with E-state index in [9.17, 15) is 19.2 Å². The third-order valence-electron chi connectivity index (χ3n) is 5.93. The molecule has 0 bridgehead atoms. The quantitative estimate of drug-likeness (QED) is 0.222. The monoisotopic (exact) mass is 556 g/mol. The van der Waals surface area contributed by atoms with Crippen LogP contribution < -0.4 is 27.0 Å². The number of Topliss-reactive ketones (excluding diaryl/α,β-unsaturated/α-hetero) is 1. The highest BCUT2D eigenvalue weighted by molar-refractivity contribution is 7.98. The summed E-state index contributed by atoms with van der Waals surface area (Å²) in [7, 11) is 0. The van der Waals surface area contributed by atoms with Crippen molar-refractivity contribution in [1.82, 2.24) is 10.6 Å². The van der Waals surface area contributed by atoms with E-state index in [0.29, 0.717) is 29.1 Å². The molecular weight excluding hydrogens is 524 g/mol. The Morgan fingerprint density at radius 1 is 1.13 bits per heavy atom. The van der Waals surface area contributed by atoms with E-state index in [4.69, 9.17) is 16.5 Å². The number of nitrogens with zero attached hydrogens (tertiary/aromatic N) is 2. The largest absolute Gasteiger partial charge is 0.368 e. The Balaban J connectivity index is 1.98. The van der Waals surface area contributed by atoms with Gasteiger partial charge in [-0.2, -0.15) is 24.4 Å².